The summed E-state index contributed by atoms with van der Waals surface area (Å²) in [6, 6.07) is 17.5. The summed E-state index contributed by atoms with van der Waals surface area (Å²) in [6.07, 6.45) is 1.75. The maximum atomic E-state index is 10.6. The molecule has 0 aliphatic heterocycles. The summed E-state index contributed by atoms with van der Waals surface area (Å²) >= 11 is 0. The fraction of sp³-hybridized carbons (Fsp3) is 0. The van der Waals surface area contributed by atoms with Crippen LogP contribution in [-0.2, 0) is 0 Å². The minimum Gasteiger partial charge on any atom is -0.258 e. The summed E-state index contributed by atoms with van der Waals surface area (Å²) in [5, 5.41) is 19.7. The zero-order valence-corrected chi connectivity index (χ0v) is 9.98. The van der Waals surface area contributed by atoms with Crippen molar-refractivity contribution in [1.82, 2.24) is 0 Å². The van der Waals surface area contributed by atoms with Crippen LogP contribution in [0.2, 0.25) is 0 Å². The molecule has 0 spiro atoms. The largest absolute Gasteiger partial charge is 0.269 e. The van der Waals surface area contributed by atoms with Crippen LogP contribution in [-0.4, -0.2) is 4.92 Å². The summed E-state index contributed by atoms with van der Waals surface area (Å²) < 4.78 is 0. The van der Waals surface area contributed by atoms with Crippen LogP contribution in [0.5, 0.6) is 0 Å². The van der Waals surface area contributed by atoms with Crippen LogP contribution in [0.3, 0.4) is 0 Å². The molecular weight excluding hydrogens is 240 g/mol. The molecule has 0 aliphatic carbocycles. The molecule has 2 rings (SSSR count). The molecule has 0 aromatic heterocycles. The van der Waals surface area contributed by atoms with Gasteiger partial charge >= 0.3 is 0 Å². The second-order valence-corrected chi connectivity index (χ2v) is 3.88. The van der Waals surface area contributed by atoms with E-state index in [1.54, 1.807) is 18.2 Å². The van der Waals surface area contributed by atoms with Crippen molar-refractivity contribution in [3.63, 3.8) is 0 Å². The van der Waals surface area contributed by atoms with Gasteiger partial charge in [0.15, 0.2) is 0 Å². The molecule has 0 bridgehead atoms. The molecule has 2 aromatic carbocycles. The summed E-state index contributed by atoms with van der Waals surface area (Å²) in [5.41, 5.74) is 2.07. The van der Waals surface area contributed by atoms with Crippen molar-refractivity contribution >= 4 is 17.3 Å². The van der Waals surface area contributed by atoms with Crippen LogP contribution in [0.15, 0.2) is 54.6 Å². The number of nitro benzene ring substituents is 1. The van der Waals surface area contributed by atoms with Crippen LogP contribution in [0.4, 0.5) is 5.69 Å². The molecule has 0 aliphatic rings. The molecule has 4 heteroatoms. The van der Waals surface area contributed by atoms with Gasteiger partial charge in [-0.15, -0.1) is 0 Å². The highest BCUT2D eigenvalue weighted by Crippen LogP contribution is 2.20. The Hall–Kier alpha value is -2.93. The normalized spacial score (nSPS) is 10.8. The molecule has 4 nitrogen and oxygen atoms in total. The van der Waals surface area contributed by atoms with Gasteiger partial charge in [-0.25, -0.2) is 0 Å². The Morgan fingerprint density at radius 1 is 1.11 bits per heavy atom. The number of nitro groups is 1. The Morgan fingerprint density at radius 2 is 1.74 bits per heavy atom. The molecular formula is C15H10N2O2. The molecule has 0 fully saturated rings. The topological polar surface area (TPSA) is 66.9 Å². The third-order valence-electron chi connectivity index (χ3n) is 2.62. The molecule has 0 N–H and O–H groups in total. The summed E-state index contributed by atoms with van der Waals surface area (Å²) in [6.45, 7) is 0. The zero-order valence-electron chi connectivity index (χ0n) is 9.98. The molecule has 0 unspecified atom stereocenters. The minimum atomic E-state index is -0.462. The summed E-state index contributed by atoms with van der Waals surface area (Å²) in [5.74, 6) is 0. The van der Waals surface area contributed by atoms with Gasteiger partial charge < -0.3 is 0 Å². The first kappa shape index (κ1) is 12.5. The molecule has 92 valence electrons. The van der Waals surface area contributed by atoms with Gasteiger partial charge in [0.05, 0.1) is 16.6 Å². The average Bonchev–Trinajstić information content (AvgIpc) is 2.46. The Morgan fingerprint density at radius 3 is 2.26 bits per heavy atom. The summed E-state index contributed by atoms with van der Waals surface area (Å²) in [7, 11) is 0. The number of hydrogen-bond acceptors (Lipinski definition) is 3. The van der Waals surface area contributed by atoms with E-state index in [2.05, 4.69) is 6.07 Å². The highest BCUT2D eigenvalue weighted by Gasteiger charge is 2.06. The third kappa shape index (κ3) is 3.05. The number of nitriles is 1. The van der Waals surface area contributed by atoms with Gasteiger partial charge in [0.2, 0.25) is 0 Å². The van der Waals surface area contributed by atoms with Crippen molar-refractivity contribution in [1.29, 1.82) is 5.26 Å². The van der Waals surface area contributed by atoms with Crippen LogP contribution < -0.4 is 0 Å². The highest BCUT2D eigenvalue weighted by atomic mass is 16.6. The predicted molar refractivity (Wildman–Crippen MR) is 73.0 cm³/mol. The van der Waals surface area contributed by atoms with Crippen molar-refractivity contribution in [3.05, 3.63) is 75.8 Å². The monoisotopic (exact) mass is 250 g/mol. The second-order valence-electron chi connectivity index (χ2n) is 3.88. The molecule has 0 saturated heterocycles. The predicted octanol–water partition coefficient (Wildman–Crippen LogP) is 3.66. The lowest BCUT2D eigenvalue weighted by Crippen LogP contribution is -1.88. The molecule has 0 atom stereocenters. The molecule has 0 radical (unpaired) electrons. The lowest BCUT2D eigenvalue weighted by molar-refractivity contribution is -0.384. The van der Waals surface area contributed by atoms with E-state index in [0.29, 0.717) is 11.1 Å². The lowest BCUT2D eigenvalue weighted by atomic mass is 10.0. The van der Waals surface area contributed by atoms with Gasteiger partial charge in [0.1, 0.15) is 0 Å². The van der Waals surface area contributed by atoms with Crippen molar-refractivity contribution < 1.29 is 4.92 Å². The number of allylic oxidation sites excluding steroid dienone is 1. The van der Waals surface area contributed by atoms with Gasteiger partial charge in [0.25, 0.3) is 5.69 Å². The van der Waals surface area contributed by atoms with Crippen LogP contribution in [0.25, 0.3) is 11.6 Å². The van der Waals surface area contributed by atoms with E-state index < -0.39 is 4.92 Å². The molecule has 0 amide bonds. The number of rotatable bonds is 3. The SMILES string of the molecule is N#C/C(=C\c1ccccc1)c1ccc([N+](=O)[O-])cc1. The van der Waals surface area contributed by atoms with Gasteiger partial charge in [-0.2, -0.15) is 5.26 Å². The van der Waals surface area contributed by atoms with Crippen molar-refractivity contribution in [2.24, 2.45) is 0 Å². The maximum Gasteiger partial charge on any atom is 0.269 e. The van der Waals surface area contributed by atoms with E-state index in [0.717, 1.165) is 5.56 Å². The third-order valence-corrected chi connectivity index (χ3v) is 2.62. The number of non-ortho nitro benzene ring substituents is 1. The standard InChI is InChI=1S/C15H10N2O2/c16-11-14(10-12-4-2-1-3-5-12)13-6-8-15(9-7-13)17(18)19/h1-10H/b14-10+. The van der Waals surface area contributed by atoms with Gasteiger partial charge in [-0.3, -0.25) is 10.1 Å². The number of nitrogens with zero attached hydrogens (tertiary/aromatic N) is 2. The Labute approximate surface area is 110 Å². The number of hydrogen-bond donors (Lipinski definition) is 0. The maximum absolute atomic E-state index is 10.6. The molecule has 0 saturated carbocycles. The molecule has 19 heavy (non-hydrogen) atoms. The first-order valence-corrected chi connectivity index (χ1v) is 5.62. The van der Waals surface area contributed by atoms with Crippen molar-refractivity contribution in [3.8, 4) is 6.07 Å². The first-order chi connectivity index (χ1) is 9.20. The van der Waals surface area contributed by atoms with Crippen LogP contribution in [0.1, 0.15) is 11.1 Å². The van der Waals surface area contributed by atoms with Crippen LogP contribution in [0, 0.1) is 21.4 Å². The van der Waals surface area contributed by atoms with Crippen molar-refractivity contribution in [2.75, 3.05) is 0 Å². The Kier molecular flexibility index (Phi) is 3.70. The van der Waals surface area contributed by atoms with E-state index in [1.165, 1.54) is 12.1 Å². The smallest absolute Gasteiger partial charge is 0.258 e. The minimum absolute atomic E-state index is 0.0146. The lowest BCUT2D eigenvalue weighted by Gasteiger charge is -1.99. The van der Waals surface area contributed by atoms with E-state index in [-0.39, 0.29) is 5.69 Å². The Bertz CT molecular complexity index is 653. The van der Waals surface area contributed by atoms with E-state index in [9.17, 15) is 10.1 Å². The van der Waals surface area contributed by atoms with Crippen molar-refractivity contribution in [2.45, 2.75) is 0 Å². The quantitative estimate of drug-likeness (QED) is 0.361. The van der Waals surface area contributed by atoms with Gasteiger partial charge in [-0.1, -0.05) is 30.3 Å². The average molecular weight is 250 g/mol. The van der Waals surface area contributed by atoms with E-state index in [1.807, 2.05) is 30.3 Å². The summed E-state index contributed by atoms with van der Waals surface area (Å²) in [4.78, 5) is 10.1. The van der Waals surface area contributed by atoms with E-state index >= 15 is 0 Å². The first-order valence-electron chi connectivity index (χ1n) is 5.62. The van der Waals surface area contributed by atoms with Gasteiger partial charge in [0, 0.05) is 12.1 Å². The second kappa shape index (κ2) is 5.61. The Balaban J connectivity index is 2.36. The molecule has 0 heterocycles. The van der Waals surface area contributed by atoms with E-state index in [4.69, 9.17) is 5.26 Å². The zero-order chi connectivity index (χ0) is 13.7. The highest BCUT2D eigenvalue weighted by molar-refractivity contribution is 5.89. The van der Waals surface area contributed by atoms with Gasteiger partial charge in [-0.05, 0) is 29.3 Å². The molecule has 2 aromatic rings. The fourth-order valence-corrected chi connectivity index (χ4v) is 1.66. The number of benzene rings is 2. The fourth-order valence-electron chi connectivity index (χ4n) is 1.66. The van der Waals surface area contributed by atoms with Crippen LogP contribution >= 0.6 is 0 Å².